The van der Waals surface area contributed by atoms with E-state index in [1.165, 1.54) is 16.3 Å². The van der Waals surface area contributed by atoms with Crippen LogP contribution in [0.25, 0.3) is 10.8 Å². The summed E-state index contributed by atoms with van der Waals surface area (Å²) in [4.78, 5) is 0. The number of hydrogen-bond acceptors (Lipinski definition) is 0. The van der Waals surface area contributed by atoms with Gasteiger partial charge in [0.25, 0.3) is 0 Å². The van der Waals surface area contributed by atoms with Crippen LogP contribution in [0.15, 0.2) is 67.3 Å². The van der Waals surface area contributed by atoms with Gasteiger partial charge in [0.1, 0.15) is 0 Å². The van der Waals surface area contributed by atoms with Crippen LogP contribution in [0.3, 0.4) is 0 Å². The number of hydrogen-bond donors (Lipinski definition) is 0. The third kappa shape index (κ3) is 2.60. The molecule has 2 aromatic rings. The summed E-state index contributed by atoms with van der Waals surface area (Å²) in [6.07, 6.45) is 8.14. The molecule has 0 spiro atoms. The summed E-state index contributed by atoms with van der Waals surface area (Å²) in [6.45, 7) is 3.66. The van der Waals surface area contributed by atoms with Gasteiger partial charge in [0.05, 0.1) is 0 Å². The normalized spacial score (nSPS) is 11.0. The van der Waals surface area contributed by atoms with E-state index in [9.17, 15) is 0 Å². The lowest BCUT2D eigenvalue weighted by molar-refractivity contribution is 1.00. The third-order valence-electron chi connectivity index (χ3n) is 2.69. The van der Waals surface area contributed by atoms with Gasteiger partial charge in [0.15, 0.2) is 0 Å². The lowest BCUT2D eigenvalue weighted by Gasteiger charge is -2.01. The Labute approximate surface area is 96.9 Å². The summed E-state index contributed by atoms with van der Waals surface area (Å²) < 4.78 is 0. The molecule has 0 atom stereocenters. The lowest BCUT2D eigenvalue weighted by Crippen LogP contribution is -1.83. The van der Waals surface area contributed by atoms with Crippen LogP contribution in [-0.2, 0) is 6.42 Å². The van der Waals surface area contributed by atoms with E-state index in [1.54, 1.807) is 0 Å². The van der Waals surface area contributed by atoms with Crippen LogP contribution >= 0.6 is 0 Å². The minimum Gasteiger partial charge on any atom is -0.0991 e. The quantitative estimate of drug-likeness (QED) is 0.648. The van der Waals surface area contributed by atoms with E-state index in [4.69, 9.17) is 0 Å². The molecule has 0 aliphatic rings. The number of aryl methyl sites for hydroxylation is 1. The van der Waals surface area contributed by atoms with E-state index < -0.39 is 0 Å². The zero-order chi connectivity index (χ0) is 11.2. The summed E-state index contributed by atoms with van der Waals surface area (Å²) >= 11 is 0. The van der Waals surface area contributed by atoms with Gasteiger partial charge < -0.3 is 0 Å². The minimum atomic E-state index is 1.07. The molecule has 0 amide bonds. The molecule has 0 nitrogen and oxygen atoms in total. The summed E-state index contributed by atoms with van der Waals surface area (Å²) in [5.74, 6) is 0. The Bertz CT molecular complexity index is 506. The molecule has 2 aromatic carbocycles. The van der Waals surface area contributed by atoms with E-state index in [0.29, 0.717) is 0 Å². The van der Waals surface area contributed by atoms with Crippen molar-refractivity contribution in [3.05, 3.63) is 72.8 Å². The Morgan fingerprint density at radius 1 is 1.00 bits per heavy atom. The predicted octanol–water partition coefficient (Wildman–Crippen LogP) is 4.51. The van der Waals surface area contributed by atoms with E-state index in [1.807, 2.05) is 12.2 Å². The highest BCUT2D eigenvalue weighted by Gasteiger charge is 1.94. The molecule has 2 rings (SSSR count). The fourth-order valence-electron chi connectivity index (χ4n) is 1.84. The van der Waals surface area contributed by atoms with E-state index in [-0.39, 0.29) is 0 Å². The molecule has 0 saturated carbocycles. The Hall–Kier alpha value is -1.82. The van der Waals surface area contributed by atoms with Gasteiger partial charge in [-0.15, -0.1) is 0 Å². The Kier molecular flexibility index (Phi) is 3.55. The molecule has 0 aliphatic heterocycles. The third-order valence-corrected chi connectivity index (χ3v) is 2.69. The van der Waals surface area contributed by atoms with Crippen molar-refractivity contribution in [3.63, 3.8) is 0 Å². The van der Waals surface area contributed by atoms with Gasteiger partial charge in [-0.05, 0) is 29.2 Å². The molecule has 0 fully saturated rings. The van der Waals surface area contributed by atoms with E-state index in [2.05, 4.69) is 55.1 Å². The first kappa shape index (κ1) is 10.7. The zero-order valence-electron chi connectivity index (χ0n) is 9.39. The monoisotopic (exact) mass is 208 g/mol. The number of allylic oxidation sites excluding steroid dienone is 3. The topological polar surface area (TPSA) is 0 Å². The molecule has 0 unspecified atom stereocenters. The van der Waals surface area contributed by atoms with Crippen LogP contribution in [0.1, 0.15) is 12.0 Å². The molecule has 80 valence electrons. The summed E-state index contributed by atoms with van der Waals surface area (Å²) in [7, 11) is 0. The fraction of sp³-hybridized carbons (Fsp3) is 0.125. The molecule has 0 heterocycles. The average Bonchev–Trinajstić information content (AvgIpc) is 2.34. The number of fused-ring (bicyclic) bond motifs is 1. The van der Waals surface area contributed by atoms with Gasteiger partial charge >= 0.3 is 0 Å². The Morgan fingerprint density at radius 3 is 2.62 bits per heavy atom. The maximum absolute atomic E-state index is 3.66. The second-order valence-corrected chi connectivity index (χ2v) is 3.88. The van der Waals surface area contributed by atoms with E-state index in [0.717, 1.165) is 12.8 Å². The van der Waals surface area contributed by atoms with Gasteiger partial charge in [-0.1, -0.05) is 67.3 Å². The van der Waals surface area contributed by atoms with Crippen molar-refractivity contribution in [1.82, 2.24) is 0 Å². The molecular formula is C16H16. The Morgan fingerprint density at radius 2 is 1.81 bits per heavy atom. The highest BCUT2D eigenvalue weighted by atomic mass is 14.0. The smallest absolute Gasteiger partial charge is 0.0181 e. The largest absolute Gasteiger partial charge is 0.0991 e. The summed E-state index contributed by atoms with van der Waals surface area (Å²) in [5, 5.41) is 2.64. The van der Waals surface area contributed by atoms with Crippen LogP contribution in [0.2, 0.25) is 0 Å². The van der Waals surface area contributed by atoms with Crippen molar-refractivity contribution >= 4 is 10.8 Å². The van der Waals surface area contributed by atoms with Gasteiger partial charge in [0, 0.05) is 0 Å². The van der Waals surface area contributed by atoms with Gasteiger partial charge in [-0.3, -0.25) is 0 Å². The van der Waals surface area contributed by atoms with Crippen molar-refractivity contribution < 1.29 is 0 Å². The van der Waals surface area contributed by atoms with E-state index >= 15 is 0 Å². The summed E-state index contributed by atoms with van der Waals surface area (Å²) in [5.41, 5.74) is 1.40. The summed E-state index contributed by atoms with van der Waals surface area (Å²) in [6, 6.07) is 15.2. The van der Waals surface area contributed by atoms with Crippen LogP contribution < -0.4 is 0 Å². The maximum atomic E-state index is 3.66. The molecule has 0 bridgehead atoms. The first-order valence-corrected chi connectivity index (χ1v) is 5.65. The molecule has 0 N–H and O–H groups in total. The van der Waals surface area contributed by atoms with Crippen LogP contribution in [0.4, 0.5) is 0 Å². The standard InChI is InChI=1S/C16H16/c1-2-3-4-5-8-14-11-12-15-9-6-7-10-16(15)13-14/h2-4,6-7,9-13H,1,5,8H2/b4-3-. The predicted molar refractivity (Wildman–Crippen MR) is 71.6 cm³/mol. The SMILES string of the molecule is C=C/C=C\CCc1ccc2ccccc2c1. The first-order valence-electron chi connectivity index (χ1n) is 5.65. The minimum absolute atomic E-state index is 1.07. The average molecular weight is 208 g/mol. The van der Waals surface area contributed by atoms with Crippen molar-refractivity contribution in [1.29, 1.82) is 0 Å². The maximum Gasteiger partial charge on any atom is -0.0181 e. The molecule has 0 heteroatoms. The number of rotatable bonds is 4. The second-order valence-electron chi connectivity index (χ2n) is 3.88. The van der Waals surface area contributed by atoms with Crippen molar-refractivity contribution in [3.8, 4) is 0 Å². The lowest BCUT2D eigenvalue weighted by atomic mass is 10.0. The highest BCUT2D eigenvalue weighted by molar-refractivity contribution is 5.82. The molecule has 0 radical (unpaired) electrons. The van der Waals surface area contributed by atoms with Crippen molar-refractivity contribution in [2.45, 2.75) is 12.8 Å². The zero-order valence-corrected chi connectivity index (χ0v) is 9.39. The fourth-order valence-corrected chi connectivity index (χ4v) is 1.84. The Balaban J connectivity index is 2.13. The molecule has 16 heavy (non-hydrogen) atoms. The van der Waals surface area contributed by atoms with Crippen molar-refractivity contribution in [2.24, 2.45) is 0 Å². The van der Waals surface area contributed by atoms with Gasteiger partial charge in [-0.2, -0.15) is 0 Å². The van der Waals surface area contributed by atoms with Crippen LogP contribution in [0, 0.1) is 0 Å². The molecule has 0 saturated heterocycles. The molecule has 0 aliphatic carbocycles. The van der Waals surface area contributed by atoms with Gasteiger partial charge in [-0.25, -0.2) is 0 Å². The van der Waals surface area contributed by atoms with Gasteiger partial charge in [0.2, 0.25) is 0 Å². The first-order chi connectivity index (χ1) is 7.90. The second kappa shape index (κ2) is 5.32. The highest BCUT2D eigenvalue weighted by Crippen LogP contribution is 2.16. The number of benzene rings is 2. The van der Waals surface area contributed by atoms with Crippen LogP contribution in [0.5, 0.6) is 0 Å². The molecular weight excluding hydrogens is 192 g/mol. The van der Waals surface area contributed by atoms with Crippen molar-refractivity contribution in [2.75, 3.05) is 0 Å². The van der Waals surface area contributed by atoms with Crippen LogP contribution in [-0.4, -0.2) is 0 Å². The molecule has 0 aromatic heterocycles.